The molecule has 3 rings (SSSR count). The minimum absolute atomic E-state index is 0.160. The second-order valence-corrected chi connectivity index (χ2v) is 6.19. The fraction of sp³-hybridized carbons (Fsp3) is 0.150. The van der Waals surface area contributed by atoms with Crippen LogP contribution in [0.1, 0.15) is 15.9 Å². The zero-order valence-corrected chi connectivity index (χ0v) is 15.2. The lowest BCUT2D eigenvalue weighted by atomic mass is 10.0. The number of ether oxygens (including phenoxy) is 1. The molecule has 1 atom stereocenters. The standard InChI is InChI=1S/C20H16F2N2O5/c1-28-11-5-6-12-10(8-17(25)29-16(12)9-11)7-15(19(23)26)24-20(27)13-3-2-4-14(21)18(13)22/h2-6,8-9,15H,7H2,1H3,(H2,23,26)(H,24,27)/t15-/m0/s1. The van der Waals surface area contributed by atoms with E-state index in [0.717, 1.165) is 18.2 Å². The summed E-state index contributed by atoms with van der Waals surface area (Å²) < 4.78 is 37.4. The van der Waals surface area contributed by atoms with Crippen molar-refractivity contribution in [2.75, 3.05) is 7.11 Å². The van der Waals surface area contributed by atoms with Gasteiger partial charge in [0.05, 0.1) is 12.7 Å². The molecule has 1 heterocycles. The van der Waals surface area contributed by atoms with Gasteiger partial charge in [0, 0.05) is 23.9 Å². The number of methoxy groups -OCH3 is 1. The van der Waals surface area contributed by atoms with E-state index in [1.54, 1.807) is 12.1 Å². The molecule has 3 aromatic rings. The smallest absolute Gasteiger partial charge is 0.336 e. The number of hydrogen-bond donors (Lipinski definition) is 2. The van der Waals surface area contributed by atoms with E-state index >= 15 is 0 Å². The minimum atomic E-state index is -1.34. The second kappa shape index (κ2) is 8.09. The molecule has 0 saturated carbocycles. The number of carbonyl (C=O) groups is 2. The molecule has 0 radical (unpaired) electrons. The topological polar surface area (TPSA) is 112 Å². The lowest BCUT2D eigenvalue weighted by molar-refractivity contribution is -0.119. The Bertz CT molecular complexity index is 1160. The zero-order valence-electron chi connectivity index (χ0n) is 15.2. The molecular weight excluding hydrogens is 386 g/mol. The maximum Gasteiger partial charge on any atom is 0.336 e. The summed E-state index contributed by atoms with van der Waals surface area (Å²) in [7, 11) is 1.45. The van der Waals surface area contributed by atoms with Crippen molar-refractivity contribution in [1.29, 1.82) is 0 Å². The van der Waals surface area contributed by atoms with Crippen LogP contribution in [-0.2, 0) is 11.2 Å². The van der Waals surface area contributed by atoms with E-state index in [1.807, 2.05) is 0 Å². The molecule has 0 spiro atoms. The Hall–Kier alpha value is -3.75. The van der Waals surface area contributed by atoms with Crippen LogP contribution in [0.3, 0.4) is 0 Å². The normalized spacial score (nSPS) is 11.8. The maximum atomic E-state index is 13.8. The van der Waals surface area contributed by atoms with Gasteiger partial charge in [-0.05, 0) is 29.8 Å². The summed E-state index contributed by atoms with van der Waals surface area (Å²) in [5.41, 5.74) is 4.72. The van der Waals surface area contributed by atoms with Crippen LogP contribution in [0.25, 0.3) is 11.0 Å². The number of primary amides is 1. The first-order valence-corrected chi connectivity index (χ1v) is 8.45. The van der Waals surface area contributed by atoms with Gasteiger partial charge in [-0.15, -0.1) is 0 Å². The highest BCUT2D eigenvalue weighted by Gasteiger charge is 2.23. The summed E-state index contributed by atoms with van der Waals surface area (Å²) in [6.07, 6.45) is -0.160. The van der Waals surface area contributed by atoms with Gasteiger partial charge in [-0.1, -0.05) is 6.07 Å². The first-order valence-electron chi connectivity index (χ1n) is 8.45. The summed E-state index contributed by atoms with van der Waals surface area (Å²) in [6, 6.07) is 7.74. The Morgan fingerprint density at radius 2 is 1.97 bits per heavy atom. The van der Waals surface area contributed by atoms with Gasteiger partial charge in [0.2, 0.25) is 5.91 Å². The minimum Gasteiger partial charge on any atom is -0.497 e. The van der Waals surface area contributed by atoms with Crippen LogP contribution >= 0.6 is 0 Å². The monoisotopic (exact) mass is 402 g/mol. The molecule has 0 fully saturated rings. The molecule has 3 N–H and O–H groups in total. The molecule has 2 amide bonds. The van der Waals surface area contributed by atoms with Gasteiger partial charge in [0.15, 0.2) is 11.6 Å². The Labute approximate surface area is 163 Å². The van der Waals surface area contributed by atoms with Crippen LogP contribution in [0.4, 0.5) is 8.78 Å². The molecule has 0 aliphatic carbocycles. The number of carbonyl (C=O) groups excluding carboxylic acids is 2. The number of nitrogens with two attached hydrogens (primary N) is 1. The van der Waals surface area contributed by atoms with Crippen LogP contribution in [0.2, 0.25) is 0 Å². The molecular formula is C20H16F2N2O5. The molecule has 9 heteroatoms. The Morgan fingerprint density at radius 1 is 1.21 bits per heavy atom. The van der Waals surface area contributed by atoms with Crippen molar-refractivity contribution < 1.29 is 27.5 Å². The highest BCUT2D eigenvalue weighted by molar-refractivity contribution is 5.97. The zero-order chi connectivity index (χ0) is 21.1. The Balaban J connectivity index is 1.93. The number of rotatable bonds is 6. The van der Waals surface area contributed by atoms with E-state index in [-0.39, 0.29) is 12.0 Å². The summed E-state index contributed by atoms with van der Waals surface area (Å²) in [4.78, 5) is 36.1. The van der Waals surface area contributed by atoms with Gasteiger partial charge in [-0.2, -0.15) is 0 Å². The average Bonchev–Trinajstić information content (AvgIpc) is 2.68. The quantitative estimate of drug-likeness (QED) is 0.612. The molecule has 150 valence electrons. The SMILES string of the molecule is COc1ccc2c(C[C@H](NC(=O)c3cccc(F)c3F)C(N)=O)cc(=O)oc2c1. The van der Waals surface area contributed by atoms with E-state index in [0.29, 0.717) is 16.7 Å². The highest BCUT2D eigenvalue weighted by atomic mass is 19.2. The first kappa shape index (κ1) is 20.0. The molecule has 0 unspecified atom stereocenters. The van der Waals surface area contributed by atoms with Crippen LogP contribution in [-0.4, -0.2) is 25.0 Å². The lowest BCUT2D eigenvalue weighted by Gasteiger charge is -2.17. The average molecular weight is 402 g/mol. The molecule has 1 aromatic heterocycles. The van der Waals surface area contributed by atoms with E-state index < -0.39 is 40.7 Å². The van der Waals surface area contributed by atoms with Crippen LogP contribution in [0, 0.1) is 11.6 Å². The number of benzene rings is 2. The van der Waals surface area contributed by atoms with Crippen molar-refractivity contribution >= 4 is 22.8 Å². The van der Waals surface area contributed by atoms with Crippen molar-refractivity contribution in [2.45, 2.75) is 12.5 Å². The fourth-order valence-electron chi connectivity index (χ4n) is 2.86. The van der Waals surface area contributed by atoms with Crippen molar-refractivity contribution in [3.63, 3.8) is 0 Å². The van der Waals surface area contributed by atoms with Crippen molar-refractivity contribution in [1.82, 2.24) is 5.32 Å². The van der Waals surface area contributed by atoms with Gasteiger partial charge in [-0.3, -0.25) is 9.59 Å². The van der Waals surface area contributed by atoms with E-state index in [9.17, 15) is 23.2 Å². The summed E-state index contributed by atoms with van der Waals surface area (Å²) >= 11 is 0. The predicted octanol–water partition coefficient (Wildman–Crippen LogP) is 1.91. The first-order chi connectivity index (χ1) is 13.8. The van der Waals surface area contributed by atoms with Crippen LogP contribution in [0.5, 0.6) is 5.75 Å². The molecule has 7 nitrogen and oxygen atoms in total. The van der Waals surface area contributed by atoms with Crippen LogP contribution in [0.15, 0.2) is 51.7 Å². The van der Waals surface area contributed by atoms with Gasteiger partial charge >= 0.3 is 5.63 Å². The van der Waals surface area contributed by atoms with E-state index in [2.05, 4.69) is 5.32 Å². The molecule has 0 saturated heterocycles. The highest BCUT2D eigenvalue weighted by Crippen LogP contribution is 2.23. The number of fused-ring (bicyclic) bond motifs is 1. The van der Waals surface area contributed by atoms with E-state index in [4.69, 9.17) is 14.9 Å². The predicted molar refractivity (Wildman–Crippen MR) is 99.5 cm³/mol. The van der Waals surface area contributed by atoms with Gasteiger partial charge < -0.3 is 20.2 Å². The van der Waals surface area contributed by atoms with Crippen molar-refractivity contribution in [3.8, 4) is 5.75 Å². The molecule has 2 aromatic carbocycles. The Morgan fingerprint density at radius 3 is 2.66 bits per heavy atom. The Kier molecular flexibility index (Phi) is 5.58. The lowest BCUT2D eigenvalue weighted by Crippen LogP contribution is -2.46. The molecule has 29 heavy (non-hydrogen) atoms. The third kappa shape index (κ3) is 4.23. The van der Waals surface area contributed by atoms with Crippen molar-refractivity contribution in [3.05, 3.63) is 75.6 Å². The summed E-state index contributed by atoms with van der Waals surface area (Å²) in [5, 5.41) is 2.78. The fourth-order valence-corrected chi connectivity index (χ4v) is 2.86. The summed E-state index contributed by atoms with van der Waals surface area (Å²) in [6.45, 7) is 0. The van der Waals surface area contributed by atoms with Crippen molar-refractivity contribution in [2.24, 2.45) is 5.73 Å². The molecule has 0 bridgehead atoms. The summed E-state index contributed by atoms with van der Waals surface area (Å²) in [5.74, 6) is -4.01. The van der Waals surface area contributed by atoms with Gasteiger partial charge in [0.1, 0.15) is 17.4 Å². The van der Waals surface area contributed by atoms with Crippen LogP contribution < -0.4 is 21.4 Å². The van der Waals surface area contributed by atoms with Gasteiger partial charge in [0.25, 0.3) is 5.91 Å². The molecule has 0 aliphatic rings. The number of halogens is 2. The third-order valence-electron chi connectivity index (χ3n) is 4.31. The van der Waals surface area contributed by atoms with E-state index in [1.165, 1.54) is 19.2 Å². The number of nitrogens with one attached hydrogen (secondary N) is 1. The number of hydrogen-bond acceptors (Lipinski definition) is 5. The second-order valence-electron chi connectivity index (χ2n) is 6.19. The maximum absolute atomic E-state index is 13.8. The number of amides is 2. The largest absolute Gasteiger partial charge is 0.497 e. The van der Waals surface area contributed by atoms with Gasteiger partial charge in [-0.25, -0.2) is 13.6 Å². The molecule has 0 aliphatic heterocycles. The third-order valence-corrected chi connectivity index (χ3v) is 4.31.